The topological polar surface area (TPSA) is 90.0 Å². The summed E-state index contributed by atoms with van der Waals surface area (Å²) in [6.07, 6.45) is 5.21. The number of rotatable bonds is 6. The number of halogens is 2. The van der Waals surface area contributed by atoms with E-state index in [1.54, 1.807) is 12.4 Å². The lowest BCUT2D eigenvalue weighted by molar-refractivity contribution is 0.518. The maximum absolute atomic E-state index is 14.3. The van der Waals surface area contributed by atoms with Crippen molar-refractivity contribution in [2.45, 2.75) is 30.7 Å². The van der Waals surface area contributed by atoms with Gasteiger partial charge < -0.3 is 5.73 Å². The molecule has 1 aromatic heterocycles. The first-order chi connectivity index (χ1) is 10.9. The van der Waals surface area contributed by atoms with E-state index in [-0.39, 0.29) is 41.5 Å². The Labute approximate surface area is 146 Å². The Balaban J connectivity index is 0.00000208. The molecular weight excluding hydrogens is 355 g/mol. The van der Waals surface area contributed by atoms with Crippen molar-refractivity contribution in [3.8, 4) is 5.69 Å². The molecule has 1 aliphatic carbocycles. The number of nitrogens with two attached hydrogens (primary N) is 1. The lowest BCUT2D eigenvalue weighted by Gasteiger charge is -2.16. The number of hydrogen-bond acceptors (Lipinski definition) is 4. The molecule has 0 radical (unpaired) electrons. The van der Waals surface area contributed by atoms with Crippen LogP contribution >= 0.6 is 12.4 Å². The first-order valence-corrected chi connectivity index (χ1v) is 8.92. The van der Waals surface area contributed by atoms with Crippen molar-refractivity contribution < 1.29 is 12.8 Å². The van der Waals surface area contributed by atoms with Crippen molar-refractivity contribution in [1.82, 2.24) is 14.5 Å². The number of benzene rings is 1. The van der Waals surface area contributed by atoms with Crippen LogP contribution in [0, 0.1) is 18.7 Å². The molecule has 1 atom stereocenters. The van der Waals surface area contributed by atoms with Crippen LogP contribution in [-0.2, 0) is 10.0 Å². The van der Waals surface area contributed by atoms with Gasteiger partial charge in [-0.3, -0.25) is 0 Å². The molecule has 0 aliphatic heterocycles. The van der Waals surface area contributed by atoms with Crippen LogP contribution in [0.3, 0.4) is 0 Å². The van der Waals surface area contributed by atoms with Crippen LogP contribution in [0.2, 0.25) is 0 Å². The predicted molar refractivity (Wildman–Crippen MR) is 91.4 cm³/mol. The number of aromatic nitrogens is 2. The zero-order valence-electron chi connectivity index (χ0n) is 13.1. The van der Waals surface area contributed by atoms with Gasteiger partial charge in [-0.2, -0.15) is 5.10 Å². The Kier molecular flexibility index (Phi) is 5.64. The highest BCUT2D eigenvalue weighted by atomic mass is 35.5. The maximum Gasteiger partial charge on any atom is 0.240 e. The zero-order valence-corrected chi connectivity index (χ0v) is 14.8. The Morgan fingerprint density at radius 3 is 2.67 bits per heavy atom. The monoisotopic (exact) mass is 374 g/mol. The van der Waals surface area contributed by atoms with Gasteiger partial charge >= 0.3 is 0 Å². The molecule has 1 unspecified atom stereocenters. The zero-order chi connectivity index (χ0) is 16.6. The predicted octanol–water partition coefficient (Wildman–Crippen LogP) is 1.76. The van der Waals surface area contributed by atoms with Gasteiger partial charge in [0.1, 0.15) is 11.5 Å². The minimum atomic E-state index is -3.79. The van der Waals surface area contributed by atoms with Gasteiger partial charge in [-0.05, 0) is 49.4 Å². The number of aryl methyl sites for hydroxylation is 1. The molecule has 0 saturated heterocycles. The largest absolute Gasteiger partial charge is 0.329 e. The maximum atomic E-state index is 14.3. The second-order valence-electron chi connectivity index (χ2n) is 5.88. The molecule has 1 aromatic carbocycles. The lowest BCUT2D eigenvalue weighted by atomic mass is 10.2. The van der Waals surface area contributed by atoms with E-state index in [9.17, 15) is 12.8 Å². The van der Waals surface area contributed by atoms with E-state index in [2.05, 4.69) is 9.82 Å². The summed E-state index contributed by atoms with van der Waals surface area (Å²) in [5.74, 6) is -0.363. The second-order valence-corrected chi connectivity index (χ2v) is 7.59. The highest BCUT2D eigenvalue weighted by Crippen LogP contribution is 2.33. The average molecular weight is 375 g/mol. The van der Waals surface area contributed by atoms with Gasteiger partial charge in [0.2, 0.25) is 10.0 Å². The van der Waals surface area contributed by atoms with Crippen molar-refractivity contribution in [1.29, 1.82) is 0 Å². The highest BCUT2D eigenvalue weighted by Gasteiger charge is 2.33. The van der Waals surface area contributed by atoms with Crippen LogP contribution in [0.25, 0.3) is 5.69 Å². The van der Waals surface area contributed by atoms with Crippen LogP contribution in [0.1, 0.15) is 18.4 Å². The van der Waals surface area contributed by atoms with Gasteiger partial charge in [0.25, 0.3) is 0 Å². The van der Waals surface area contributed by atoms with Crippen molar-refractivity contribution in [3.05, 3.63) is 42.0 Å². The molecule has 6 nitrogen and oxygen atoms in total. The van der Waals surface area contributed by atoms with Gasteiger partial charge in [-0.15, -0.1) is 12.4 Å². The van der Waals surface area contributed by atoms with E-state index in [0.29, 0.717) is 0 Å². The van der Waals surface area contributed by atoms with Crippen molar-refractivity contribution in [3.63, 3.8) is 0 Å². The standard InChI is InChI=1S/C15H19FN4O2S.ClH/c1-10-8-18-20(9-10)15-5-4-12(6-13(15)16)23(21,22)19-14(7-17)11-2-3-11;/h4-6,8-9,11,14,19H,2-3,7,17H2,1H3;1H. The molecule has 9 heteroatoms. The van der Waals surface area contributed by atoms with E-state index in [1.807, 2.05) is 6.92 Å². The van der Waals surface area contributed by atoms with Crippen LogP contribution in [0.15, 0.2) is 35.5 Å². The summed E-state index contributed by atoms with van der Waals surface area (Å²) in [5.41, 5.74) is 6.71. The van der Waals surface area contributed by atoms with E-state index >= 15 is 0 Å². The molecule has 1 fully saturated rings. The third-order valence-electron chi connectivity index (χ3n) is 3.94. The number of sulfonamides is 1. The molecule has 24 heavy (non-hydrogen) atoms. The van der Waals surface area contributed by atoms with Gasteiger partial charge in [0.15, 0.2) is 0 Å². The third kappa shape index (κ3) is 3.94. The minimum absolute atomic E-state index is 0. The average Bonchev–Trinajstić information content (AvgIpc) is 3.26. The smallest absolute Gasteiger partial charge is 0.240 e. The summed E-state index contributed by atoms with van der Waals surface area (Å²) >= 11 is 0. The summed E-state index contributed by atoms with van der Waals surface area (Å²) in [5, 5.41) is 4.03. The van der Waals surface area contributed by atoms with Gasteiger partial charge in [-0.1, -0.05) is 0 Å². The SMILES string of the molecule is Cc1cnn(-c2ccc(S(=O)(=O)NC(CN)C3CC3)cc2F)c1.Cl. The van der Waals surface area contributed by atoms with E-state index in [4.69, 9.17) is 5.73 Å². The Morgan fingerprint density at radius 2 is 2.17 bits per heavy atom. The van der Waals surface area contributed by atoms with Gasteiger partial charge in [0.05, 0.1) is 11.1 Å². The fraction of sp³-hybridized carbons (Fsp3) is 0.400. The molecule has 0 amide bonds. The molecule has 2 aromatic rings. The fourth-order valence-corrected chi connectivity index (χ4v) is 3.82. The number of hydrogen-bond donors (Lipinski definition) is 2. The molecule has 3 N–H and O–H groups in total. The quantitative estimate of drug-likeness (QED) is 0.806. The molecule has 132 valence electrons. The summed E-state index contributed by atoms with van der Waals surface area (Å²) < 4.78 is 43.0. The molecule has 3 rings (SSSR count). The van der Waals surface area contributed by atoms with Crippen LogP contribution in [0.4, 0.5) is 4.39 Å². The highest BCUT2D eigenvalue weighted by molar-refractivity contribution is 7.89. The number of nitrogens with one attached hydrogen (secondary N) is 1. The summed E-state index contributed by atoms with van der Waals surface area (Å²) in [6.45, 7) is 2.08. The van der Waals surface area contributed by atoms with Crippen LogP contribution in [-0.4, -0.2) is 30.8 Å². The minimum Gasteiger partial charge on any atom is -0.329 e. The molecule has 1 heterocycles. The first-order valence-electron chi connectivity index (χ1n) is 7.44. The Hall–Kier alpha value is -1.48. The molecule has 1 saturated carbocycles. The summed E-state index contributed by atoms with van der Waals surface area (Å²) in [7, 11) is -3.79. The fourth-order valence-electron chi connectivity index (χ4n) is 2.49. The second kappa shape index (κ2) is 7.18. The number of nitrogens with zero attached hydrogens (tertiary/aromatic N) is 2. The normalized spacial score (nSPS) is 15.8. The Morgan fingerprint density at radius 1 is 1.46 bits per heavy atom. The van der Waals surface area contributed by atoms with Crippen LogP contribution < -0.4 is 10.5 Å². The summed E-state index contributed by atoms with van der Waals surface area (Å²) in [4.78, 5) is -0.110. The van der Waals surface area contributed by atoms with Gasteiger partial charge in [0, 0.05) is 18.8 Å². The van der Waals surface area contributed by atoms with Crippen LogP contribution in [0.5, 0.6) is 0 Å². The van der Waals surface area contributed by atoms with E-state index in [0.717, 1.165) is 24.5 Å². The molecule has 0 bridgehead atoms. The Bertz CT molecular complexity index is 821. The molecular formula is C15H20ClFN4O2S. The molecule has 1 aliphatic rings. The van der Waals surface area contributed by atoms with Gasteiger partial charge in [-0.25, -0.2) is 22.2 Å². The van der Waals surface area contributed by atoms with E-state index < -0.39 is 15.8 Å². The third-order valence-corrected chi connectivity index (χ3v) is 5.43. The molecule has 0 spiro atoms. The summed E-state index contributed by atoms with van der Waals surface area (Å²) in [6, 6.07) is 3.50. The lowest BCUT2D eigenvalue weighted by Crippen LogP contribution is -2.41. The van der Waals surface area contributed by atoms with E-state index in [1.165, 1.54) is 16.8 Å². The van der Waals surface area contributed by atoms with Crippen molar-refractivity contribution >= 4 is 22.4 Å². The first kappa shape index (κ1) is 18.9. The van der Waals surface area contributed by atoms with Crippen molar-refractivity contribution in [2.75, 3.05) is 6.54 Å². The van der Waals surface area contributed by atoms with Crippen molar-refractivity contribution in [2.24, 2.45) is 11.7 Å².